The largest absolute Gasteiger partial charge is 0.480 e. The van der Waals surface area contributed by atoms with E-state index in [0.29, 0.717) is 18.9 Å². The van der Waals surface area contributed by atoms with E-state index in [1.54, 1.807) is 4.90 Å². The maximum Gasteiger partial charge on any atom is 0.326 e. The van der Waals surface area contributed by atoms with Crippen LogP contribution in [-0.4, -0.2) is 47.1 Å². The maximum atomic E-state index is 12.8. The van der Waals surface area contributed by atoms with E-state index in [1.807, 2.05) is 0 Å². The van der Waals surface area contributed by atoms with Crippen molar-refractivity contribution in [3.05, 3.63) is 0 Å². The monoisotopic (exact) mass is 280 g/mol. The number of carbonyl (C=O) groups is 2. The second kappa shape index (κ2) is 5.72. The van der Waals surface area contributed by atoms with Crippen molar-refractivity contribution >= 4 is 11.9 Å². The van der Waals surface area contributed by atoms with Crippen LogP contribution < -0.4 is 5.32 Å². The standard InChI is InChI=1S/C15H24N2O3/c18-14(11-5-3-7-16-9-11)17-12-6-2-1-4-10(12)8-13(17)15(19)20/h10-13,16H,1-9H2,(H,19,20). The highest BCUT2D eigenvalue weighted by molar-refractivity contribution is 5.86. The van der Waals surface area contributed by atoms with Gasteiger partial charge in [0.1, 0.15) is 6.04 Å². The van der Waals surface area contributed by atoms with Crippen molar-refractivity contribution in [3.63, 3.8) is 0 Å². The lowest BCUT2D eigenvalue weighted by Crippen LogP contribution is -2.51. The number of rotatable bonds is 2. The first-order valence-corrected chi connectivity index (χ1v) is 7.94. The van der Waals surface area contributed by atoms with Crippen LogP contribution in [-0.2, 0) is 9.59 Å². The minimum Gasteiger partial charge on any atom is -0.480 e. The first-order chi connectivity index (χ1) is 9.68. The predicted octanol–water partition coefficient (Wildman–Crippen LogP) is 1.23. The van der Waals surface area contributed by atoms with Crippen molar-refractivity contribution in [3.8, 4) is 0 Å². The van der Waals surface area contributed by atoms with Crippen LogP contribution in [0.3, 0.4) is 0 Å². The second-order valence-corrected chi connectivity index (χ2v) is 6.49. The average molecular weight is 280 g/mol. The van der Waals surface area contributed by atoms with Crippen LogP contribution in [0.4, 0.5) is 0 Å². The van der Waals surface area contributed by atoms with Gasteiger partial charge in [-0.25, -0.2) is 4.79 Å². The topological polar surface area (TPSA) is 69.6 Å². The minimum atomic E-state index is -0.823. The number of nitrogens with one attached hydrogen (secondary N) is 1. The molecule has 4 unspecified atom stereocenters. The van der Waals surface area contributed by atoms with Gasteiger partial charge in [-0.05, 0) is 44.6 Å². The number of fused-ring (bicyclic) bond motifs is 1. The van der Waals surface area contributed by atoms with Crippen LogP contribution >= 0.6 is 0 Å². The summed E-state index contributed by atoms with van der Waals surface area (Å²) < 4.78 is 0. The number of piperidine rings is 1. The highest BCUT2D eigenvalue weighted by atomic mass is 16.4. The fourth-order valence-electron chi connectivity index (χ4n) is 4.27. The molecule has 0 radical (unpaired) electrons. The molecule has 0 aromatic rings. The Hall–Kier alpha value is -1.10. The van der Waals surface area contributed by atoms with E-state index < -0.39 is 12.0 Å². The summed E-state index contributed by atoms with van der Waals surface area (Å²) in [6.45, 7) is 1.68. The molecule has 0 bridgehead atoms. The third kappa shape index (κ3) is 2.43. The lowest BCUT2D eigenvalue weighted by molar-refractivity contribution is -0.152. The highest BCUT2D eigenvalue weighted by Gasteiger charge is 2.48. The quantitative estimate of drug-likeness (QED) is 0.798. The van der Waals surface area contributed by atoms with E-state index in [-0.39, 0.29) is 17.9 Å². The Morgan fingerprint density at radius 2 is 1.90 bits per heavy atom. The van der Waals surface area contributed by atoms with Gasteiger partial charge in [0.15, 0.2) is 0 Å². The average Bonchev–Trinajstić information content (AvgIpc) is 2.87. The molecule has 0 spiro atoms. The Morgan fingerprint density at radius 1 is 1.10 bits per heavy atom. The van der Waals surface area contributed by atoms with Gasteiger partial charge in [0.2, 0.25) is 5.91 Å². The Morgan fingerprint density at radius 3 is 2.60 bits per heavy atom. The molecule has 0 aromatic carbocycles. The molecule has 1 aliphatic carbocycles. The van der Waals surface area contributed by atoms with Crippen LogP contribution in [0, 0.1) is 11.8 Å². The molecule has 2 aliphatic heterocycles. The summed E-state index contributed by atoms with van der Waals surface area (Å²) in [6.07, 6.45) is 6.94. The van der Waals surface area contributed by atoms with Crippen LogP contribution in [0.25, 0.3) is 0 Å². The van der Waals surface area contributed by atoms with Gasteiger partial charge < -0.3 is 15.3 Å². The lowest BCUT2D eigenvalue weighted by Gasteiger charge is -2.36. The zero-order chi connectivity index (χ0) is 14.1. The first-order valence-electron chi connectivity index (χ1n) is 7.94. The number of carbonyl (C=O) groups excluding carboxylic acids is 1. The molecule has 112 valence electrons. The van der Waals surface area contributed by atoms with Crippen molar-refractivity contribution in [2.45, 2.75) is 57.0 Å². The number of carboxylic acid groups (broad SMARTS) is 1. The summed E-state index contributed by atoms with van der Waals surface area (Å²) >= 11 is 0. The second-order valence-electron chi connectivity index (χ2n) is 6.49. The van der Waals surface area contributed by atoms with Gasteiger partial charge in [-0.1, -0.05) is 12.8 Å². The van der Waals surface area contributed by atoms with Gasteiger partial charge in [0.25, 0.3) is 0 Å². The maximum absolute atomic E-state index is 12.8. The molecule has 3 aliphatic rings. The van der Waals surface area contributed by atoms with E-state index in [4.69, 9.17) is 0 Å². The number of hydrogen-bond acceptors (Lipinski definition) is 3. The van der Waals surface area contributed by atoms with Gasteiger partial charge in [-0.15, -0.1) is 0 Å². The van der Waals surface area contributed by atoms with E-state index in [0.717, 1.165) is 38.6 Å². The van der Waals surface area contributed by atoms with E-state index in [1.165, 1.54) is 6.42 Å². The van der Waals surface area contributed by atoms with Crippen LogP contribution in [0.2, 0.25) is 0 Å². The van der Waals surface area contributed by atoms with Crippen molar-refractivity contribution < 1.29 is 14.7 Å². The van der Waals surface area contributed by atoms with E-state index in [9.17, 15) is 14.7 Å². The zero-order valence-corrected chi connectivity index (χ0v) is 11.9. The molecular weight excluding hydrogens is 256 g/mol. The van der Waals surface area contributed by atoms with Gasteiger partial charge >= 0.3 is 5.97 Å². The third-order valence-electron chi connectivity index (χ3n) is 5.27. The molecule has 2 N–H and O–H groups in total. The normalized spacial score (nSPS) is 37.5. The number of nitrogens with zero attached hydrogens (tertiary/aromatic N) is 1. The molecule has 2 saturated heterocycles. The number of aliphatic carboxylic acids is 1. The fourth-order valence-corrected chi connectivity index (χ4v) is 4.27. The van der Waals surface area contributed by atoms with Gasteiger partial charge in [0.05, 0.1) is 5.92 Å². The lowest BCUT2D eigenvalue weighted by atomic mass is 9.84. The van der Waals surface area contributed by atoms with Crippen molar-refractivity contribution in [2.75, 3.05) is 13.1 Å². The molecule has 2 heterocycles. The molecule has 1 saturated carbocycles. The van der Waals surface area contributed by atoms with Crippen LogP contribution in [0.5, 0.6) is 0 Å². The summed E-state index contributed by atoms with van der Waals surface area (Å²) in [5, 5.41) is 12.7. The molecule has 20 heavy (non-hydrogen) atoms. The van der Waals surface area contributed by atoms with Crippen LogP contribution in [0.15, 0.2) is 0 Å². The molecular formula is C15H24N2O3. The third-order valence-corrected chi connectivity index (χ3v) is 5.27. The number of likely N-dealkylation sites (tertiary alicyclic amines) is 1. The van der Waals surface area contributed by atoms with Crippen molar-refractivity contribution in [1.82, 2.24) is 10.2 Å². The summed E-state index contributed by atoms with van der Waals surface area (Å²) in [4.78, 5) is 26.1. The van der Waals surface area contributed by atoms with Gasteiger partial charge in [0, 0.05) is 12.6 Å². The molecule has 5 nitrogen and oxygen atoms in total. The first kappa shape index (κ1) is 13.9. The minimum absolute atomic E-state index is 0.0220. The molecule has 4 atom stereocenters. The Balaban J connectivity index is 1.79. The number of hydrogen-bond donors (Lipinski definition) is 2. The molecule has 0 aromatic heterocycles. The Labute approximate surface area is 119 Å². The molecule has 1 amide bonds. The zero-order valence-electron chi connectivity index (χ0n) is 11.9. The summed E-state index contributed by atoms with van der Waals surface area (Å²) in [5.41, 5.74) is 0. The SMILES string of the molecule is O=C(O)C1CC2CCCCC2N1C(=O)C1CCCNC1. The summed E-state index contributed by atoms with van der Waals surface area (Å²) in [6, 6.07) is -0.406. The van der Waals surface area contributed by atoms with Gasteiger partial charge in [-0.2, -0.15) is 0 Å². The summed E-state index contributed by atoms with van der Waals surface area (Å²) in [7, 11) is 0. The Kier molecular flexibility index (Phi) is 3.96. The van der Waals surface area contributed by atoms with Crippen LogP contribution in [0.1, 0.15) is 44.9 Å². The van der Waals surface area contributed by atoms with Gasteiger partial charge in [-0.3, -0.25) is 4.79 Å². The number of carboxylic acids is 1. The summed E-state index contributed by atoms with van der Waals surface area (Å²) in [5.74, 6) is -0.354. The smallest absolute Gasteiger partial charge is 0.326 e. The predicted molar refractivity (Wildman–Crippen MR) is 74.2 cm³/mol. The molecule has 3 fully saturated rings. The molecule has 5 heteroatoms. The van der Waals surface area contributed by atoms with E-state index in [2.05, 4.69) is 5.32 Å². The molecule has 3 rings (SSSR count). The Bertz CT molecular complexity index is 393. The number of amides is 1. The van der Waals surface area contributed by atoms with E-state index >= 15 is 0 Å². The van der Waals surface area contributed by atoms with Crippen molar-refractivity contribution in [1.29, 1.82) is 0 Å². The van der Waals surface area contributed by atoms with Crippen molar-refractivity contribution in [2.24, 2.45) is 11.8 Å². The fraction of sp³-hybridized carbons (Fsp3) is 0.867. The highest BCUT2D eigenvalue weighted by Crippen LogP contribution is 2.40.